The van der Waals surface area contributed by atoms with Crippen LogP contribution in [-0.4, -0.2) is 27.5 Å². The second kappa shape index (κ2) is 5.35. The first-order valence-electron chi connectivity index (χ1n) is 6.27. The third-order valence-corrected chi connectivity index (χ3v) is 3.12. The lowest BCUT2D eigenvalue weighted by atomic mass is 10.2. The molecule has 0 atom stereocenters. The smallest absolute Gasteiger partial charge is 0.329 e. The minimum atomic E-state index is -0.460. The Hall–Kier alpha value is -1.96. The molecule has 8 nitrogen and oxygen atoms in total. The maximum absolute atomic E-state index is 11.1. The van der Waals surface area contributed by atoms with E-state index in [4.69, 9.17) is 5.84 Å². The van der Waals surface area contributed by atoms with Gasteiger partial charge in [-0.15, -0.1) is 0 Å². The van der Waals surface area contributed by atoms with Crippen LogP contribution in [0.1, 0.15) is 26.7 Å². The first-order chi connectivity index (χ1) is 9.02. The summed E-state index contributed by atoms with van der Waals surface area (Å²) in [6, 6.07) is 0.125. The van der Waals surface area contributed by atoms with Crippen molar-refractivity contribution < 1.29 is 4.92 Å². The van der Waals surface area contributed by atoms with Gasteiger partial charge in [0.2, 0.25) is 11.8 Å². The molecule has 1 heterocycles. The van der Waals surface area contributed by atoms with Crippen LogP contribution in [0.15, 0.2) is 6.20 Å². The average molecular weight is 266 g/mol. The maximum atomic E-state index is 11.1. The highest BCUT2D eigenvalue weighted by Gasteiger charge is 2.30. The van der Waals surface area contributed by atoms with Gasteiger partial charge in [0.1, 0.15) is 6.20 Å². The second-order valence-corrected chi connectivity index (χ2v) is 4.99. The van der Waals surface area contributed by atoms with E-state index in [1.807, 2.05) is 18.7 Å². The van der Waals surface area contributed by atoms with Crippen molar-refractivity contribution in [1.29, 1.82) is 0 Å². The number of nitrogen functional groups attached to an aromatic ring is 1. The Morgan fingerprint density at radius 1 is 1.63 bits per heavy atom. The van der Waals surface area contributed by atoms with Crippen LogP contribution in [0.5, 0.6) is 0 Å². The first kappa shape index (κ1) is 13.5. The van der Waals surface area contributed by atoms with Gasteiger partial charge < -0.3 is 4.90 Å². The predicted octanol–water partition coefficient (Wildman–Crippen LogP) is 1.30. The van der Waals surface area contributed by atoms with Gasteiger partial charge in [0.25, 0.3) is 0 Å². The van der Waals surface area contributed by atoms with E-state index in [0.717, 1.165) is 6.54 Å². The van der Waals surface area contributed by atoms with Gasteiger partial charge >= 0.3 is 5.69 Å². The molecule has 0 saturated heterocycles. The molecule has 19 heavy (non-hydrogen) atoms. The van der Waals surface area contributed by atoms with Crippen LogP contribution in [0.2, 0.25) is 0 Å². The molecular formula is C11H18N6O2. The van der Waals surface area contributed by atoms with Gasteiger partial charge in [-0.1, -0.05) is 0 Å². The summed E-state index contributed by atoms with van der Waals surface area (Å²) in [4.78, 5) is 20.5. The van der Waals surface area contributed by atoms with Gasteiger partial charge in [-0.2, -0.15) is 4.98 Å². The van der Waals surface area contributed by atoms with E-state index in [1.54, 1.807) is 0 Å². The first-order valence-corrected chi connectivity index (χ1v) is 6.27. The average Bonchev–Trinajstić information content (AvgIpc) is 3.18. The topological polar surface area (TPSA) is 110 Å². The summed E-state index contributed by atoms with van der Waals surface area (Å²) in [5.74, 6) is 6.39. The fourth-order valence-electron chi connectivity index (χ4n) is 1.90. The van der Waals surface area contributed by atoms with E-state index >= 15 is 0 Å². The number of nitrogens with zero attached hydrogens (tertiary/aromatic N) is 4. The molecule has 2 rings (SSSR count). The molecule has 1 aliphatic rings. The SMILES string of the molecule is CC(C)N(CC1CC1)c1nc(NN)ncc1[N+](=O)[O-]. The lowest BCUT2D eigenvalue weighted by Gasteiger charge is -2.27. The van der Waals surface area contributed by atoms with E-state index in [-0.39, 0.29) is 17.7 Å². The van der Waals surface area contributed by atoms with Crippen molar-refractivity contribution in [1.82, 2.24) is 9.97 Å². The molecule has 8 heteroatoms. The Bertz CT molecular complexity index is 474. The number of anilines is 2. The lowest BCUT2D eigenvalue weighted by molar-refractivity contribution is -0.384. The predicted molar refractivity (Wildman–Crippen MR) is 71.7 cm³/mol. The van der Waals surface area contributed by atoms with E-state index in [9.17, 15) is 10.1 Å². The molecule has 1 saturated carbocycles. The number of nitro groups is 1. The summed E-state index contributed by atoms with van der Waals surface area (Å²) in [7, 11) is 0. The van der Waals surface area contributed by atoms with Gasteiger partial charge in [0, 0.05) is 12.6 Å². The fraction of sp³-hybridized carbons (Fsp3) is 0.636. The van der Waals surface area contributed by atoms with Crippen molar-refractivity contribution in [3.8, 4) is 0 Å². The minimum absolute atomic E-state index is 0.0895. The molecule has 104 valence electrons. The Morgan fingerprint density at radius 2 is 2.32 bits per heavy atom. The quantitative estimate of drug-likeness (QED) is 0.453. The molecule has 0 spiro atoms. The Labute approximate surface area is 111 Å². The highest BCUT2D eigenvalue weighted by molar-refractivity contribution is 5.59. The number of aromatic nitrogens is 2. The lowest BCUT2D eigenvalue weighted by Crippen LogP contribution is -2.34. The summed E-state index contributed by atoms with van der Waals surface area (Å²) in [6.45, 7) is 4.76. The van der Waals surface area contributed by atoms with Crippen molar-refractivity contribution in [2.45, 2.75) is 32.7 Å². The van der Waals surface area contributed by atoms with Crippen LogP contribution < -0.4 is 16.2 Å². The second-order valence-electron chi connectivity index (χ2n) is 4.99. The fourth-order valence-corrected chi connectivity index (χ4v) is 1.90. The summed E-state index contributed by atoms with van der Waals surface area (Å²) >= 11 is 0. The highest BCUT2D eigenvalue weighted by atomic mass is 16.6. The molecule has 0 bridgehead atoms. The number of hydrazine groups is 1. The van der Waals surface area contributed by atoms with Gasteiger partial charge in [0.05, 0.1) is 4.92 Å². The number of hydrogen-bond acceptors (Lipinski definition) is 7. The number of nitrogens with two attached hydrogens (primary N) is 1. The summed E-state index contributed by atoms with van der Waals surface area (Å²) in [5, 5.41) is 11.1. The molecule has 1 fully saturated rings. The van der Waals surface area contributed by atoms with Gasteiger partial charge in [0.15, 0.2) is 0 Å². The van der Waals surface area contributed by atoms with Crippen LogP contribution in [0.3, 0.4) is 0 Å². The largest absolute Gasteiger partial charge is 0.348 e. The number of hydrogen-bond donors (Lipinski definition) is 2. The van der Waals surface area contributed by atoms with Gasteiger partial charge in [-0.05, 0) is 32.6 Å². The van der Waals surface area contributed by atoms with Gasteiger partial charge in [-0.25, -0.2) is 10.8 Å². The van der Waals surface area contributed by atoms with Crippen LogP contribution in [0, 0.1) is 16.0 Å². The summed E-state index contributed by atoms with van der Waals surface area (Å²) < 4.78 is 0. The highest BCUT2D eigenvalue weighted by Crippen LogP contribution is 2.34. The number of rotatable bonds is 6. The van der Waals surface area contributed by atoms with E-state index in [0.29, 0.717) is 11.7 Å². The molecule has 1 aromatic rings. The van der Waals surface area contributed by atoms with E-state index in [2.05, 4.69) is 15.4 Å². The number of nitrogens with one attached hydrogen (secondary N) is 1. The standard InChI is InChI=1S/C11H18N6O2/c1-7(2)16(6-8-3-4-8)10-9(17(18)19)5-13-11(14-10)15-12/h5,7-8H,3-4,6,12H2,1-2H3,(H,13,14,15). The molecule has 1 aromatic heterocycles. The zero-order chi connectivity index (χ0) is 14.0. The Balaban J connectivity index is 2.39. The van der Waals surface area contributed by atoms with E-state index < -0.39 is 4.92 Å². The maximum Gasteiger partial charge on any atom is 0.329 e. The molecule has 0 radical (unpaired) electrons. The molecule has 0 aliphatic heterocycles. The van der Waals surface area contributed by atoms with Crippen molar-refractivity contribution >= 4 is 17.5 Å². The van der Waals surface area contributed by atoms with E-state index in [1.165, 1.54) is 19.0 Å². The minimum Gasteiger partial charge on any atom is -0.348 e. The Morgan fingerprint density at radius 3 is 2.79 bits per heavy atom. The van der Waals surface area contributed by atoms with Gasteiger partial charge in [-0.3, -0.25) is 15.5 Å². The summed E-state index contributed by atoms with van der Waals surface area (Å²) in [6.07, 6.45) is 3.54. The van der Waals surface area contributed by atoms with Crippen LogP contribution >= 0.6 is 0 Å². The molecular weight excluding hydrogens is 248 g/mol. The van der Waals surface area contributed by atoms with Crippen molar-refractivity contribution in [2.24, 2.45) is 11.8 Å². The van der Waals surface area contributed by atoms with Crippen molar-refractivity contribution in [2.75, 3.05) is 16.9 Å². The van der Waals surface area contributed by atoms with Crippen LogP contribution in [0.25, 0.3) is 0 Å². The normalized spacial score (nSPS) is 14.5. The monoisotopic (exact) mass is 266 g/mol. The summed E-state index contributed by atoms with van der Waals surface area (Å²) in [5.41, 5.74) is 2.24. The molecule has 0 amide bonds. The molecule has 0 aromatic carbocycles. The van der Waals surface area contributed by atoms with Crippen molar-refractivity contribution in [3.63, 3.8) is 0 Å². The zero-order valence-electron chi connectivity index (χ0n) is 11.0. The third-order valence-electron chi connectivity index (χ3n) is 3.12. The Kier molecular flexibility index (Phi) is 3.79. The van der Waals surface area contributed by atoms with Crippen LogP contribution in [-0.2, 0) is 0 Å². The molecule has 1 aliphatic carbocycles. The van der Waals surface area contributed by atoms with Crippen LogP contribution in [0.4, 0.5) is 17.5 Å². The van der Waals surface area contributed by atoms with Crippen molar-refractivity contribution in [3.05, 3.63) is 16.3 Å². The molecule has 0 unspecified atom stereocenters. The molecule has 3 N–H and O–H groups in total. The third kappa shape index (κ3) is 3.08. The zero-order valence-corrected chi connectivity index (χ0v) is 11.0.